The van der Waals surface area contributed by atoms with Crippen molar-refractivity contribution in [2.75, 3.05) is 6.61 Å². The summed E-state index contributed by atoms with van der Waals surface area (Å²) >= 11 is 0. The number of carbonyl (C=O) groups is 3. The average molecular weight is 273 g/mol. The maximum absolute atomic E-state index is 12.2. The monoisotopic (exact) mass is 273 g/mol. The summed E-state index contributed by atoms with van der Waals surface area (Å²) in [7, 11) is 0. The van der Waals surface area contributed by atoms with Gasteiger partial charge in [0.2, 0.25) is 0 Å². The van der Waals surface area contributed by atoms with Gasteiger partial charge < -0.3 is 4.74 Å². The highest BCUT2D eigenvalue weighted by Crippen LogP contribution is 2.24. The maximum atomic E-state index is 12.2. The van der Waals surface area contributed by atoms with Crippen LogP contribution in [0.2, 0.25) is 0 Å². The second kappa shape index (κ2) is 5.69. The number of hydrogen-bond acceptors (Lipinski definition) is 4. The van der Waals surface area contributed by atoms with E-state index in [-0.39, 0.29) is 18.4 Å². The Balaban J connectivity index is 2.17. The van der Waals surface area contributed by atoms with Crippen LogP contribution in [0.3, 0.4) is 0 Å². The van der Waals surface area contributed by atoms with E-state index in [0.717, 1.165) is 4.90 Å². The van der Waals surface area contributed by atoms with Crippen molar-refractivity contribution in [3.05, 3.63) is 47.5 Å². The molecular weight excluding hydrogens is 258 g/mol. The topological polar surface area (TPSA) is 63.7 Å². The first-order chi connectivity index (χ1) is 9.56. The molecule has 20 heavy (non-hydrogen) atoms. The van der Waals surface area contributed by atoms with Gasteiger partial charge in [0, 0.05) is 6.08 Å². The fourth-order valence-electron chi connectivity index (χ4n) is 2.07. The highest BCUT2D eigenvalue weighted by Gasteiger charge is 2.37. The summed E-state index contributed by atoms with van der Waals surface area (Å²) in [5.74, 6) is -1.17. The van der Waals surface area contributed by atoms with Gasteiger partial charge >= 0.3 is 5.97 Å². The molecule has 2 amide bonds. The van der Waals surface area contributed by atoms with Gasteiger partial charge in [-0.3, -0.25) is 14.5 Å². The van der Waals surface area contributed by atoms with Gasteiger partial charge in [-0.1, -0.05) is 18.2 Å². The quantitative estimate of drug-likeness (QED) is 0.476. The van der Waals surface area contributed by atoms with E-state index in [1.165, 1.54) is 12.2 Å². The summed E-state index contributed by atoms with van der Waals surface area (Å²) in [4.78, 5) is 36.7. The van der Waals surface area contributed by atoms with E-state index in [9.17, 15) is 14.4 Å². The number of esters is 1. The van der Waals surface area contributed by atoms with E-state index in [1.807, 2.05) is 0 Å². The van der Waals surface area contributed by atoms with Crippen LogP contribution in [0.1, 0.15) is 34.6 Å². The number of hydrogen-bond donors (Lipinski definition) is 0. The Labute approximate surface area is 116 Å². The van der Waals surface area contributed by atoms with Crippen molar-refractivity contribution in [3.63, 3.8) is 0 Å². The molecule has 1 atom stereocenters. The first-order valence-corrected chi connectivity index (χ1v) is 6.38. The fourth-order valence-corrected chi connectivity index (χ4v) is 2.07. The van der Waals surface area contributed by atoms with Gasteiger partial charge in [-0.05, 0) is 26.0 Å². The summed E-state index contributed by atoms with van der Waals surface area (Å²) in [6.07, 6.45) is 2.72. The van der Waals surface area contributed by atoms with Crippen LogP contribution in [-0.2, 0) is 9.53 Å². The van der Waals surface area contributed by atoms with Crippen molar-refractivity contribution in [2.45, 2.75) is 19.9 Å². The first-order valence-electron chi connectivity index (χ1n) is 6.38. The van der Waals surface area contributed by atoms with Crippen molar-refractivity contribution in [2.24, 2.45) is 0 Å². The summed E-state index contributed by atoms with van der Waals surface area (Å²) < 4.78 is 4.76. The predicted molar refractivity (Wildman–Crippen MR) is 72.2 cm³/mol. The Morgan fingerprint density at radius 3 is 2.30 bits per heavy atom. The van der Waals surface area contributed by atoms with Gasteiger partial charge in [-0.15, -0.1) is 0 Å². The van der Waals surface area contributed by atoms with E-state index < -0.39 is 12.0 Å². The van der Waals surface area contributed by atoms with E-state index in [2.05, 4.69) is 0 Å². The number of ether oxygens (including phenoxy) is 1. The number of nitrogens with zero attached hydrogens (tertiary/aromatic N) is 1. The van der Waals surface area contributed by atoms with Crippen LogP contribution in [0.25, 0.3) is 0 Å². The third-order valence-electron chi connectivity index (χ3n) is 3.03. The molecule has 1 heterocycles. The van der Waals surface area contributed by atoms with Gasteiger partial charge in [-0.2, -0.15) is 0 Å². The minimum absolute atomic E-state index is 0.282. The molecule has 0 saturated heterocycles. The van der Waals surface area contributed by atoms with Crippen LogP contribution in [0.4, 0.5) is 0 Å². The Morgan fingerprint density at radius 1 is 1.25 bits per heavy atom. The fraction of sp³-hybridized carbons (Fsp3) is 0.267. The molecule has 0 radical (unpaired) electrons. The lowest BCUT2D eigenvalue weighted by molar-refractivity contribution is -0.137. The van der Waals surface area contributed by atoms with Crippen molar-refractivity contribution in [1.29, 1.82) is 0 Å². The second-order valence-corrected chi connectivity index (χ2v) is 4.38. The van der Waals surface area contributed by atoms with Crippen LogP contribution in [-0.4, -0.2) is 35.3 Å². The molecule has 0 unspecified atom stereocenters. The molecule has 1 aliphatic heterocycles. The summed E-state index contributed by atoms with van der Waals surface area (Å²) in [6.45, 7) is 3.67. The van der Waals surface area contributed by atoms with Gasteiger partial charge in [0.05, 0.1) is 23.8 Å². The van der Waals surface area contributed by atoms with Crippen LogP contribution in [0.5, 0.6) is 0 Å². The molecule has 1 aromatic carbocycles. The lowest BCUT2D eigenvalue weighted by atomic mass is 10.1. The van der Waals surface area contributed by atoms with Crippen molar-refractivity contribution in [1.82, 2.24) is 4.90 Å². The van der Waals surface area contributed by atoms with Crippen LogP contribution in [0.15, 0.2) is 36.4 Å². The molecule has 0 N–H and O–H groups in total. The zero-order valence-electron chi connectivity index (χ0n) is 11.3. The summed E-state index contributed by atoms with van der Waals surface area (Å²) in [5, 5.41) is 0. The zero-order valence-corrected chi connectivity index (χ0v) is 11.3. The number of amides is 2. The molecular formula is C15H15NO4. The van der Waals surface area contributed by atoms with Gasteiger partial charge in [0.1, 0.15) is 0 Å². The van der Waals surface area contributed by atoms with Crippen LogP contribution in [0, 0.1) is 0 Å². The van der Waals surface area contributed by atoms with Gasteiger partial charge in [0.15, 0.2) is 0 Å². The number of rotatable bonds is 4. The van der Waals surface area contributed by atoms with E-state index in [4.69, 9.17) is 4.74 Å². The Hall–Kier alpha value is -2.43. The Morgan fingerprint density at radius 2 is 1.80 bits per heavy atom. The molecule has 0 aromatic heterocycles. The average Bonchev–Trinajstić information content (AvgIpc) is 2.69. The molecule has 104 valence electrons. The molecule has 1 aromatic rings. The molecule has 5 nitrogen and oxygen atoms in total. The lowest BCUT2D eigenvalue weighted by Gasteiger charge is -2.19. The maximum Gasteiger partial charge on any atom is 0.330 e. The van der Waals surface area contributed by atoms with Crippen LogP contribution < -0.4 is 0 Å². The third-order valence-corrected chi connectivity index (χ3v) is 3.03. The summed E-state index contributed by atoms with van der Waals surface area (Å²) in [5.41, 5.74) is 0.794. The minimum Gasteiger partial charge on any atom is -0.463 e. The number of carbonyl (C=O) groups excluding carboxylic acids is 3. The van der Waals surface area contributed by atoms with E-state index >= 15 is 0 Å². The molecule has 0 aliphatic carbocycles. The second-order valence-electron chi connectivity index (χ2n) is 4.38. The summed E-state index contributed by atoms with van der Waals surface area (Å²) in [6, 6.07) is 6.17. The van der Waals surface area contributed by atoms with E-state index in [1.54, 1.807) is 38.1 Å². The largest absolute Gasteiger partial charge is 0.463 e. The van der Waals surface area contributed by atoms with Gasteiger partial charge in [0.25, 0.3) is 11.8 Å². The predicted octanol–water partition coefficient (Wildman–Crippen LogP) is 1.79. The van der Waals surface area contributed by atoms with Gasteiger partial charge in [-0.25, -0.2) is 4.79 Å². The highest BCUT2D eigenvalue weighted by molar-refractivity contribution is 6.21. The number of imide groups is 1. The highest BCUT2D eigenvalue weighted by atomic mass is 16.5. The normalized spacial score (nSPS) is 15.6. The molecule has 1 aliphatic rings. The van der Waals surface area contributed by atoms with Crippen LogP contribution >= 0.6 is 0 Å². The van der Waals surface area contributed by atoms with Crippen molar-refractivity contribution in [3.8, 4) is 0 Å². The van der Waals surface area contributed by atoms with Crippen molar-refractivity contribution < 1.29 is 19.1 Å². The van der Waals surface area contributed by atoms with E-state index in [0.29, 0.717) is 11.1 Å². The van der Waals surface area contributed by atoms with Crippen molar-refractivity contribution >= 4 is 17.8 Å². The smallest absolute Gasteiger partial charge is 0.330 e. The molecule has 0 saturated carbocycles. The minimum atomic E-state index is -0.508. The number of fused-ring (bicyclic) bond motifs is 1. The first kappa shape index (κ1) is 14.0. The molecule has 0 bridgehead atoms. The Bertz CT molecular complexity index is 556. The lowest BCUT2D eigenvalue weighted by Crippen LogP contribution is -2.36. The molecule has 5 heteroatoms. The SMILES string of the molecule is CCOC(=O)C=C[C@@H](C)N1C(=O)c2ccccc2C1=O. The standard InChI is InChI=1S/C15H15NO4/c1-3-20-13(17)9-8-10(2)16-14(18)11-6-4-5-7-12(11)15(16)19/h4-10H,3H2,1-2H3/t10-/m1/s1. The molecule has 0 spiro atoms. The zero-order chi connectivity index (χ0) is 14.7. The third kappa shape index (κ3) is 2.47. The molecule has 2 rings (SSSR count). The Kier molecular flexibility index (Phi) is 3.98. The molecule has 0 fully saturated rings. The number of benzene rings is 1.